The lowest BCUT2D eigenvalue weighted by Crippen LogP contribution is -2.35. The van der Waals surface area contributed by atoms with Crippen molar-refractivity contribution in [2.75, 3.05) is 5.73 Å². The average Bonchev–Trinajstić information content (AvgIpc) is 2.69. The van der Waals surface area contributed by atoms with E-state index in [1.54, 1.807) is 0 Å². The van der Waals surface area contributed by atoms with Crippen molar-refractivity contribution in [1.29, 1.82) is 0 Å². The van der Waals surface area contributed by atoms with Crippen molar-refractivity contribution >= 4 is 11.9 Å². The van der Waals surface area contributed by atoms with Crippen LogP contribution in [0.5, 0.6) is 0 Å². The molecule has 1 fully saturated rings. The Morgan fingerprint density at radius 3 is 2.47 bits per heavy atom. The summed E-state index contributed by atoms with van der Waals surface area (Å²) >= 11 is 0. The maximum absolute atomic E-state index is 12.0. The third kappa shape index (κ3) is 3.41. The van der Waals surface area contributed by atoms with Crippen molar-refractivity contribution in [3.63, 3.8) is 0 Å². The molecule has 0 bridgehead atoms. The van der Waals surface area contributed by atoms with Crippen molar-refractivity contribution < 1.29 is 4.79 Å². The smallest absolute Gasteiger partial charge is 0.224 e. The third-order valence-electron chi connectivity index (χ3n) is 3.61. The number of anilines is 1. The molecule has 19 heavy (non-hydrogen) atoms. The van der Waals surface area contributed by atoms with E-state index >= 15 is 0 Å². The predicted molar refractivity (Wildman–Crippen MR) is 73.4 cm³/mol. The van der Waals surface area contributed by atoms with Crippen LogP contribution in [0.4, 0.5) is 5.95 Å². The van der Waals surface area contributed by atoms with E-state index in [-0.39, 0.29) is 23.9 Å². The standard InChI is InChI=1S/C13H21N5O/c1-7-11(8(2)17-13(15)16-7)6-12(19)18-10-4-3-9(14)5-10/h9-10H,3-6,14H2,1-2H3,(H,18,19)(H2,15,16,17)/t9-,10-/m1/s1. The number of nitrogens with two attached hydrogens (primary N) is 2. The fourth-order valence-electron chi connectivity index (χ4n) is 2.61. The molecule has 1 amide bonds. The number of hydrogen-bond donors (Lipinski definition) is 3. The number of carbonyl (C=O) groups is 1. The van der Waals surface area contributed by atoms with Crippen LogP contribution in [0, 0.1) is 13.8 Å². The molecule has 0 aromatic carbocycles. The van der Waals surface area contributed by atoms with Gasteiger partial charge in [0.2, 0.25) is 11.9 Å². The Hall–Kier alpha value is -1.69. The number of nitrogens with one attached hydrogen (secondary N) is 1. The van der Waals surface area contributed by atoms with Gasteiger partial charge < -0.3 is 16.8 Å². The summed E-state index contributed by atoms with van der Waals surface area (Å²) in [4.78, 5) is 20.2. The zero-order valence-electron chi connectivity index (χ0n) is 11.4. The Morgan fingerprint density at radius 2 is 1.95 bits per heavy atom. The maximum atomic E-state index is 12.0. The molecule has 5 N–H and O–H groups in total. The third-order valence-corrected chi connectivity index (χ3v) is 3.61. The van der Waals surface area contributed by atoms with E-state index in [1.807, 2.05) is 13.8 Å². The molecule has 0 radical (unpaired) electrons. The maximum Gasteiger partial charge on any atom is 0.224 e. The Kier molecular flexibility index (Phi) is 3.99. The first-order chi connectivity index (χ1) is 8.95. The minimum absolute atomic E-state index is 0.00123. The molecule has 1 heterocycles. The van der Waals surface area contributed by atoms with E-state index in [9.17, 15) is 4.79 Å². The monoisotopic (exact) mass is 263 g/mol. The highest BCUT2D eigenvalue weighted by Crippen LogP contribution is 2.18. The molecular weight excluding hydrogens is 242 g/mol. The Labute approximate surface area is 113 Å². The number of hydrogen-bond acceptors (Lipinski definition) is 5. The SMILES string of the molecule is Cc1nc(N)nc(C)c1CC(=O)N[C@@H]1CC[C@@H](N)C1. The second kappa shape index (κ2) is 5.52. The molecule has 0 saturated heterocycles. The molecule has 0 spiro atoms. The van der Waals surface area contributed by atoms with Crippen LogP contribution in [0.2, 0.25) is 0 Å². The lowest BCUT2D eigenvalue weighted by atomic mass is 10.1. The molecule has 104 valence electrons. The van der Waals surface area contributed by atoms with Crippen LogP contribution in [-0.2, 0) is 11.2 Å². The van der Waals surface area contributed by atoms with Crippen LogP contribution in [0.25, 0.3) is 0 Å². The molecule has 6 nitrogen and oxygen atoms in total. The van der Waals surface area contributed by atoms with Crippen molar-refractivity contribution in [1.82, 2.24) is 15.3 Å². The van der Waals surface area contributed by atoms with Crippen LogP contribution in [0.3, 0.4) is 0 Å². The van der Waals surface area contributed by atoms with Gasteiger partial charge in [0.1, 0.15) is 0 Å². The van der Waals surface area contributed by atoms with Crippen LogP contribution in [-0.4, -0.2) is 28.0 Å². The molecule has 1 aromatic rings. The number of rotatable bonds is 3. The van der Waals surface area contributed by atoms with Gasteiger partial charge in [0.05, 0.1) is 6.42 Å². The lowest BCUT2D eigenvalue weighted by Gasteiger charge is -2.14. The molecule has 6 heteroatoms. The van der Waals surface area contributed by atoms with Gasteiger partial charge in [-0.2, -0.15) is 0 Å². The van der Waals surface area contributed by atoms with Crippen molar-refractivity contribution in [3.8, 4) is 0 Å². The van der Waals surface area contributed by atoms with Gasteiger partial charge >= 0.3 is 0 Å². The molecule has 0 unspecified atom stereocenters. The minimum Gasteiger partial charge on any atom is -0.368 e. The molecular formula is C13H21N5O. The van der Waals surface area contributed by atoms with Gasteiger partial charge in [-0.1, -0.05) is 0 Å². The summed E-state index contributed by atoms with van der Waals surface area (Å²) in [6.45, 7) is 3.69. The summed E-state index contributed by atoms with van der Waals surface area (Å²) in [5.74, 6) is 0.250. The zero-order chi connectivity index (χ0) is 14.0. The van der Waals surface area contributed by atoms with E-state index in [2.05, 4.69) is 15.3 Å². The molecule has 1 aliphatic rings. The van der Waals surface area contributed by atoms with Gasteiger partial charge in [0.25, 0.3) is 0 Å². The predicted octanol–water partition coefficient (Wildman–Crippen LogP) is 0.214. The number of carbonyl (C=O) groups excluding carboxylic acids is 1. The van der Waals surface area contributed by atoms with Crippen LogP contribution in [0.15, 0.2) is 0 Å². The first-order valence-corrected chi connectivity index (χ1v) is 6.60. The summed E-state index contributed by atoms with van der Waals surface area (Å²) < 4.78 is 0. The average molecular weight is 263 g/mol. The van der Waals surface area contributed by atoms with Gasteiger partial charge in [-0.15, -0.1) is 0 Å². The lowest BCUT2D eigenvalue weighted by molar-refractivity contribution is -0.121. The number of nitrogen functional groups attached to an aromatic ring is 1. The number of aromatic nitrogens is 2. The van der Waals surface area contributed by atoms with E-state index in [0.717, 1.165) is 36.2 Å². The zero-order valence-corrected chi connectivity index (χ0v) is 11.4. The van der Waals surface area contributed by atoms with Gasteiger partial charge in [-0.25, -0.2) is 9.97 Å². The normalized spacial score (nSPS) is 22.5. The summed E-state index contributed by atoms with van der Waals surface area (Å²) in [5.41, 5.74) is 13.8. The van der Waals surface area contributed by atoms with E-state index in [0.29, 0.717) is 6.42 Å². The highest BCUT2D eigenvalue weighted by atomic mass is 16.1. The Balaban J connectivity index is 1.99. The highest BCUT2D eigenvalue weighted by molar-refractivity contribution is 5.79. The molecule has 0 aliphatic heterocycles. The van der Waals surface area contributed by atoms with Gasteiger partial charge in [-0.05, 0) is 33.1 Å². The fraction of sp³-hybridized carbons (Fsp3) is 0.615. The number of aryl methyl sites for hydroxylation is 2. The largest absolute Gasteiger partial charge is 0.368 e. The van der Waals surface area contributed by atoms with Crippen LogP contribution >= 0.6 is 0 Å². The van der Waals surface area contributed by atoms with E-state index in [1.165, 1.54) is 0 Å². The molecule has 1 aromatic heterocycles. The second-order valence-electron chi connectivity index (χ2n) is 5.25. The quantitative estimate of drug-likeness (QED) is 0.723. The van der Waals surface area contributed by atoms with Crippen LogP contribution < -0.4 is 16.8 Å². The van der Waals surface area contributed by atoms with Gasteiger partial charge in [0.15, 0.2) is 0 Å². The summed E-state index contributed by atoms with van der Waals surface area (Å²) in [7, 11) is 0. The Bertz CT molecular complexity index is 465. The minimum atomic E-state index is -0.00123. The topological polar surface area (TPSA) is 107 Å². The summed E-state index contributed by atoms with van der Waals surface area (Å²) in [5, 5.41) is 3.02. The van der Waals surface area contributed by atoms with Gasteiger partial charge in [-0.3, -0.25) is 4.79 Å². The first kappa shape index (κ1) is 13.7. The molecule has 2 atom stereocenters. The van der Waals surface area contributed by atoms with E-state index in [4.69, 9.17) is 11.5 Å². The molecule has 1 aliphatic carbocycles. The van der Waals surface area contributed by atoms with Crippen LogP contribution in [0.1, 0.15) is 36.2 Å². The summed E-state index contributed by atoms with van der Waals surface area (Å²) in [6, 6.07) is 0.423. The molecule has 2 rings (SSSR count). The second-order valence-corrected chi connectivity index (χ2v) is 5.25. The van der Waals surface area contributed by atoms with Crippen molar-refractivity contribution in [2.45, 2.75) is 51.6 Å². The number of amides is 1. The van der Waals surface area contributed by atoms with E-state index < -0.39 is 0 Å². The number of nitrogens with zero attached hydrogens (tertiary/aromatic N) is 2. The molecule has 1 saturated carbocycles. The highest BCUT2D eigenvalue weighted by Gasteiger charge is 2.23. The first-order valence-electron chi connectivity index (χ1n) is 6.60. The fourth-order valence-corrected chi connectivity index (χ4v) is 2.61. The van der Waals surface area contributed by atoms with Crippen molar-refractivity contribution in [3.05, 3.63) is 17.0 Å². The Morgan fingerprint density at radius 1 is 1.32 bits per heavy atom. The van der Waals surface area contributed by atoms with Gasteiger partial charge in [0, 0.05) is 29.0 Å². The van der Waals surface area contributed by atoms with Crippen molar-refractivity contribution in [2.24, 2.45) is 5.73 Å². The summed E-state index contributed by atoms with van der Waals surface area (Å²) in [6.07, 6.45) is 3.10.